The molecule has 0 unspecified atom stereocenters. The Morgan fingerprint density at radius 3 is 2.53 bits per heavy atom. The summed E-state index contributed by atoms with van der Waals surface area (Å²) in [6.45, 7) is 0.461. The minimum Gasteiger partial charge on any atom is -0.462 e. The number of ether oxygens (including phenoxy) is 1. The topological polar surface area (TPSA) is 72.6 Å². The van der Waals surface area contributed by atoms with Crippen LogP contribution in [0.5, 0.6) is 0 Å². The molecule has 0 amide bonds. The molecule has 0 saturated carbocycles. The molecule has 0 fully saturated rings. The molecule has 82 valence electrons. The number of hydrogen-bond donors (Lipinski definition) is 2. The van der Waals surface area contributed by atoms with E-state index in [-0.39, 0.29) is 12.6 Å². The Hall–Kier alpha value is -1.55. The highest BCUT2D eigenvalue weighted by atomic mass is 16.5. The zero-order chi connectivity index (χ0) is 11.1. The summed E-state index contributed by atoms with van der Waals surface area (Å²) in [7, 11) is 0. The normalized spacial score (nSPS) is 9.93. The zero-order valence-electron chi connectivity index (χ0n) is 8.48. The number of hydrogen-bond acceptors (Lipinski definition) is 4. The van der Waals surface area contributed by atoms with Crippen LogP contribution in [0.3, 0.4) is 0 Å². The van der Waals surface area contributed by atoms with Crippen molar-refractivity contribution >= 4 is 11.7 Å². The SMILES string of the molecule is Nc1ccc(C(=O)OCCCCO)cc1. The van der Waals surface area contributed by atoms with Crippen molar-refractivity contribution in [2.45, 2.75) is 12.8 Å². The molecule has 0 saturated heterocycles. The molecule has 0 spiro atoms. The fourth-order valence-corrected chi connectivity index (χ4v) is 1.08. The fraction of sp³-hybridized carbons (Fsp3) is 0.364. The number of nitrogen functional groups attached to an aromatic ring is 1. The Kier molecular flexibility index (Phi) is 4.63. The number of nitrogens with two attached hydrogens (primary N) is 1. The molecule has 4 heteroatoms. The van der Waals surface area contributed by atoms with Gasteiger partial charge >= 0.3 is 5.97 Å². The first-order valence-electron chi connectivity index (χ1n) is 4.87. The Labute approximate surface area is 88.7 Å². The minimum atomic E-state index is -0.354. The van der Waals surface area contributed by atoms with Crippen LogP contribution >= 0.6 is 0 Å². The Balaban J connectivity index is 2.37. The molecule has 1 rings (SSSR count). The van der Waals surface area contributed by atoms with Gasteiger partial charge in [-0.3, -0.25) is 0 Å². The van der Waals surface area contributed by atoms with E-state index in [1.54, 1.807) is 24.3 Å². The molecule has 3 N–H and O–H groups in total. The third-order valence-corrected chi connectivity index (χ3v) is 1.93. The van der Waals surface area contributed by atoms with Gasteiger partial charge in [0.1, 0.15) is 0 Å². The lowest BCUT2D eigenvalue weighted by molar-refractivity contribution is 0.0492. The van der Waals surface area contributed by atoms with Crippen LogP contribution in [0.15, 0.2) is 24.3 Å². The van der Waals surface area contributed by atoms with Crippen molar-refractivity contribution in [3.05, 3.63) is 29.8 Å². The van der Waals surface area contributed by atoms with Gasteiger partial charge in [0.2, 0.25) is 0 Å². The first-order valence-corrected chi connectivity index (χ1v) is 4.87. The predicted molar refractivity (Wildman–Crippen MR) is 57.5 cm³/mol. The van der Waals surface area contributed by atoms with Gasteiger partial charge in [0, 0.05) is 12.3 Å². The molecule has 0 aliphatic heterocycles. The summed E-state index contributed by atoms with van der Waals surface area (Å²) in [5.41, 5.74) is 6.60. The Morgan fingerprint density at radius 1 is 1.27 bits per heavy atom. The van der Waals surface area contributed by atoms with E-state index in [0.29, 0.717) is 30.7 Å². The van der Waals surface area contributed by atoms with Crippen molar-refractivity contribution < 1.29 is 14.6 Å². The van der Waals surface area contributed by atoms with Crippen LogP contribution in [0, 0.1) is 0 Å². The maximum Gasteiger partial charge on any atom is 0.338 e. The Morgan fingerprint density at radius 2 is 1.93 bits per heavy atom. The summed E-state index contributed by atoms with van der Waals surface area (Å²) in [4.78, 5) is 11.4. The molecule has 0 aliphatic carbocycles. The number of rotatable bonds is 5. The monoisotopic (exact) mass is 209 g/mol. The second kappa shape index (κ2) is 6.03. The summed E-state index contributed by atoms with van der Waals surface area (Å²) in [5, 5.41) is 8.52. The lowest BCUT2D eigenvalue weighted by atomic mass is 10.2. The molecular formula is C11H15NO3. The van der Waals surface area contributed by atoms with Gasteiger partial charge in [0.05, 0.1) is 12.2 Å². The number of carbonyl (C=O) groups is 1. The highest BCUT2D eigenvalue weighted by molar-refractivity contribution is 5.89. The summed E-state index contributed by atoms with van der Waals surface area (Å²) in [6, 6.07) is 6.57. The molecule has 0 radical (unpaired) electrons. The molecule has 1 aromatic carbocycles. The molecule has 0 aliphatic rings. The maximum absolute atomic E-state index is 11.4. The second-order valence-corrected chi connectivity index (χ2v) is 3.19. The first-order chi connectivity index (χ1) is 7.24. The molecule has 0 heterocycles. The zero-order valence-corrected chi connectivity index (χ0v) is 8.48. The Bertz CT molecular complexity index is 308. The quantitative estimate of drug-likeness (QED) is 0.434. The second-order valence-electron chi connectivity index (χ2n) is 3.19. The van der Waals surface area contributed by atoms with Crippen molar-refractivity contribution in [2.75, 3.05) is 18.9 Å². The number of aliphatic hydroxyl groups excluding tert-OH is 1. The van der Waals surface area contributed by atoms with Gasteiger partial charge in [-0.25, -0.2) is 4.79 Å². The van der Waals surface area contributed by atoms with E-state index in [1.807, 2.05) is 0 Å². The number of esters is 1. The first kappa shape index (κ1) is 11.5. The van der Waals surface area contributed by atoms with E-state index >= 15 is 0 Å². The van der Waals surface area contributed by atoms with Crippen LogP contribution < -0.4 is 5.73 Å². The van der Waals surface area contributed by atoms with E-state index in [1.165, 1.54) is 0 Å². The summed E-state index contributed by atoms with van der Waals surface area (Å²) >= 11 is 0. The van der Waals surface area contributed by atoms with E-state index in [2.05, 4.69) is 0 Å². The number of unbranched alkanes of at least 4 members (excludes halogenated alkanes) is 1. The van der Waals surface area contributed by atoms with Crippen molar-refractivity contribution in [2.24, 2.45) is 0 Å². The predicted octanol–water partition coefficient (Wildman–Crippen LogP) is 1.20. The third kappa shape index (κ3) is 3.99. The molecular weight excluding hydrogens is 194 g/mol. The molecule has 15 heavy (non-hydrogen) atoms. The van der Waals surface area contributed by atoms with Crippen molar-refractivity contribution in [1.82, 2.24) is 0 Å². The van der Waals surface area contributed by atoms with E-state index in [4.69, 9.17) is 15.6 Å². The largest absolute Gasteiger partial charge is 0.462 e. The third-order valence-electron chi connectivity index (χ3n) is 1.93. The molecule has 4 nitrogen and oxygen atoms in total. The average molecular weight is 209 g/mol. The van der Waals surface area contributed by atoms with Gasteiger partial charge in [0.15, 0.2) is 0 Å². The van der Waals surface area contributed by atoms with Crippen molar-refractivity contribution in [3.8, 4) is 0 Å². The highest BCUT2D eigenvalue weighted by Crippen LogP contribution is 2.07. The molecule has 0 atom stereocenters. The van der Waals surface area contributed by atoms with Crippen LogP contribution in [-0.2, 0) is 4.74 Å². The van der Waals surface area contributed by atoms with Gasteiger partial charge in [0.25, 0.3) is 0 Å². The lowest BCUT2D eigenvalue weighted by Crippen LogP contribution is -2.06. The van der Waals surface area contributed by atoms with Gasteiger partial charge in [-0.1, -0.05) is 0 Å². The smallest absolute Gasteiger partial charge is 0.338 e. The van der Waals surface area contributed by atoms with Crippen LogP contribution in [0.4, 0.5) is 5.69 Å². The van der Waals surface area contributed by atoms with E-state index < -0.39 is 0 Å². The molecule has 0 aromatic heterocycles. The fourth-order valence-electron chi connectivity index (χ4n) is 1.08. The van der Waals surface area contributed by atoms with Crippen molar-refractivity contribution in [1.29, 1.82) is 0 Å². The minimum absolute atomic E-state index is 0.124. The van der Waals surface area contributed by atoms with Crippen LogP contribution in [0.2, 0.25) is 0 Å². The van der Waals surface area contributed by atoms with Gasteiger partial charge < -0.3 is 15.6 Å². The highest BCUT2D eigenvalue weighted by Gasteiger charge is 2.05. The number of benzene rings is 1. The number of carbonyl (C=O) groups excluding carboxylic acids is 1. The summed E-state index contributed by atoms with van der Waals surface area (Å²) < 4.78 is 4.98. The van der Waals surface area contributed by atoms with Crippen LogP contribution in [-0.4, -0.2) is 24.3 Å². The lowest BCUT2D eigenvalue weighted by Gasteiger charge is -2.04. The molecule has 1 aromatic rings. The van der Waals surface area contributed by atoms with E-state index in [9.17, 15) is 4.79 Å². The summed E-state index contributed by atoms with van der Waals surface area (Å²) in [5.74, 6) is -0.354. The van der Waals surface area contributed by atoms with Crippen molar-refractivity contribution in [3.63, 3.8) is 0 Å². The standard InChI is InChI=1S/C11H15NO3/c12-10-5-3-9(4-6-10)11(14)15-8-2-1-7-13/h3-6,13H,1-2,7-8,12H2. The average Bonchev–Trinajstić information content (AvgIpc) is 2.25. The maximum atomic E-state index is 11.4. The summed E-state index contributed by atoms with van der Waals surface area (Å²) in [6.07, 6.45) is 1.33. The van der Waals surface area contributed by atoms with Crippen LogP contribution in [0.1, 0.15) is 23.2 Å². The van der Waals surface area contributed by atoms with Gasteiger partial charge in [-0.05, 0) is 37.1 Å². The molecule has 0 bridgehead atoms. The van der Waals surface area contributed by atoms with Crippen LogP contribution in [0.25, 0.3) is 0 Å². The van der Waals surface area contributed by atoms with Gasteiger partial charge in [-0.15, -0.1) is 0 Å². The van der Waals surface area contributed by atoms with E-state index in [0.717, 1.165) is 0 Å². The van der Waals surface area contributed by atoms with Gasteiger partial charge in [-0.2, -0.15) is 0 Å². The number of anilines is 1. The number of aliphatic hydroxyl groups is 1.